The summed E-state index contributed by atoms with van der Waals surface area (Å²) in [5, 5.41) is 0. The van der Waals surface area contributed by atoms with Gasteiger partial charge in [-0.1, -0.05) is 54.6 Å². The third kappa shape index (κ3) is 4.42. The molecule has 1 amide bonds. The zero-order chi connectivity index (χ0) is 24.5. The molecule has 6 nitrogen and oxygen atoms in total. The Labute approximate surface area is 206 Å². The predicted octanol–water partition coefficient (Wildman–Crippen LogP) is 5.37. The lowest BCUT2D eigenvalue weighted by Gasteiger charge is -2.30. The third-order valence-corrected chi connectivity index (χ3v) is 6.78. The van der Waals surface area contributed by atoms with Gasteiger partial charge in [0.05, 0.1) is 18.7 Å². The molecule has 0 saturated carbocycles. The molecule has 3 aromatic carbocycles. The molecule has 5 rings (SSSR count). The minimum absolute atomic E-state index is 0.0150. The molecule has 1 aliphatic rings. The van der Waals surface area contributed by atoms with Crippen LogP contribution in [0, 0.1) is 6.92 Å². The van der Waals surface area contributed by atoms with Gasteiger partial charge in [0.15, 0.2) is 5.75 Å². The molecule has 0 radical (unpaired) electrons. The lowest BCUT2D eigenvalue weighted by atomic mass is 9.91. The molecule has 0 aliphatic carbocycles. The number of rotatable bonds is 6. The third-order valence-electron chi connectivity index (χ3n) is 6.78. The second-order valence-corrected chi connectivity index (χ2v) is 9.34. The van der Waals surface area contributed by atoms with E-state index in [0.29, 0.717) is 18.8 Å². The molecule has 2 heterocycles. The standard InChI is InChI=1S/C29H31N3O3/c1-19-30-27-25(32(19)4)16-24(29(33)31(2)3)23-14-15-26(35-28(23)27)22-13-9-8-12-21(22)18-34-17-20-10-6-5-7-11-20/h5-13,16,26H,14-15,17-18H2,1-4H3/t26-/m0/s1. The first-order valence-corrected chi connectivity index (χ1v) is 12.0. The van der Waals surface area contributed by atoms with Crippen LogP contribution in [0.5, 0.6) is 5.75 Å². The van der Waals surface area contributed by atoms with Crippen LogP contribution < -0.4 is 4.74 Å². The monoisotopic (exact) mass is 469 g/mol. The van der Waals surface area contributed by atoms with Gasteiger partial charge in [-0.25, -0.2) is 4.98 Å². The van der Waals surface area contributed by atoms with E-state index in [2.05, 4.69) is 24.3 Å². The van der Waals surface area contributed by atoms with E-state index < -0.39 is 0 Å². The summed E-state index contributed by atoms with van der Waals surface area (Å²) >= 11 is 0. The number of hydrogen-bond donors (Lipinski definition) is 0. The largest absolute Gasteiger partial charge is 0.483 e. The fourth-order valence-electron chi connectivity index (χ4n) is 4.78. The zero-order valence-corrected chi connectivity index (χ0v) is 20.7. The molecule has 180 valence electrons. The summed E-state index contributed by atoms with van der Waals surface area (Å²) in [6.45, 7) is 3.04. The van der Waals surface area contributed by atoms with Crippen molar-refractivity contribution in [2.45, 2.75) is 39.1 Å². The molecule has 0 unspecified atom stereocenters. The van der Waals surface area contributed by atoms with Crippen molar-refractivity contribution in [3.63, 3.8) is 0 Å². The molecule has 35 heavy (non-hydrogen) atoms. The minimum atomic E-state index is -0.130. The van der Waals surface area contributed by atoms with Gasteiger partial charge >= 0.3 is 0 Å². The van der Waals surface area contributed by atoms with Crippen molar-refractivity contribution >= 4 is 16.9 Å². The van der Waals surface area contributed by atoms with Crippen LogP contribution in [0.4, 0.5) is 0 Å². The minimum Gasteiger partial charge on any atom is -0.483 e. The fraction of sp³-hybridized carbons (Fsp3) is 0.310. The normalized spacial score (nSPS) is 15.0. The molecular formula is C29H31N3O3. The summed E-state index contributed by atoms with van der Waals surface area (Å²) in [6, 6.07) is 20.5. The molecule has 0 fully saturated rings. The van der Waals surface area contributed by atoms with E-state index in [1.807, 2.05) is 54.9 Å². The number of aryl methyl sites for hydroxylation is 2. The highest BCUT2D eigenvalue weighted by molar-refractivity contribution is 6.01. The van der Waals surface area contributed by atoms with E-state index in [-0.39, 0.29) is 12.0 Å². The van der Waals surface area contributed by atoms with E-state index >= 15 is 0 Å². The van der Waals surface area contributed by atoms with Crippen LogP contribution in [-0.4, -0.2) is 34.5 Å². The van der Waals surface area contributed by atoms with Crippen molar-refractivity contribution in [3.05, 3.63) is 94.3 Å². The molecule has 1 atom stereocenters. The topological polar surface area (TPSA) is 56.6 Å². The highest BCUT2D eigenvalue weighted by Gasteiger charge is 2.31. The quantitative estimate of drug-likeness (QED) is 0.381. The first-order chi connectivity index (χ1) is 16.9. The number of carbonyl (C=O) groups excluding carboxylic acids is 1. The maximum absolute atomic E-state index is 13.0. The lowest BCUT2D eigenvalue weighted by Crippen LogP contribution is -2.25. The van der Waals surface area contributed by atoms with Crippen molar-refractivity contribution in [1.82, 2.24) is 14.5 Å². The summed E-state index contributed by atoms with van der Waals surface area (Å²) in [5.74, 6) is 1.60. The molecule has 0 spiro atoms. The smallest absolute Gasteiger partial charge is 0.253 e. The Morgan fingerprint density at radius 2 is 1.86 bits per heavy atom. The maximum atomic E-state index is 13.0. The molecule has 0 bridgehead atoms. The SMILES string of the molecule is Cc1nc2c3c(c(C(=O)N(C)C)cc2n1C)CC[C@@H](c1ccccc1COCc1ccccc1)O3. The van der Waals surface area contributed by atoms with Gasteiger partial charge in [0.2, 0.25) is 0 Å². The fourth-order valence-corrected chi connectivity index (χ4v) is 4.78. The molecule has 4 aromatic rings. The molecule has 1 aromatic heterocycles. The van der Waals surface area contributed by atoms with Crippen molar-refractivity contribution < 1.29 is 14.3 Å². The molecule has 0 saturated heterocycles. The van der Waals surface area contributed by atoms with Crippen LogP contribution >= 0.6 is 0 Å². The summed E-state index contributed by atoms with van der Waals surface area (Å²) in [7, 11) is 5.54. The number of fused-ring (bicyclic) bond motifs is 3. The van der Waals surface area contributed by atoms with E-state index in [4.69, 9.17) is 14.5 Å². The average molecular weight is 470 g/mol. The first kappa shape index (κ1) is 23.1. The first-order valence-electron chi connectivity index (χ1n) is 12.0. The Kier molecular flexibility index (Phi) is 6.31. The Hall–Kier alpha value is -3.64. The lowest BCUT2D eigenvalue weighted by molar-refractivity contribution is 0.0823. The molecular weight excluding hydrogens is 438 g/mol. The van der Waals surface area contributed by atoms with Gasteiger partial charge < -0.3 is 18.9 Å². The Bertz CT molecular complexity index is 1380. The summed E-state index contributed by atoms with van der Waals surface area (Å²) in [6.07, 6.45) is 1.40. The second kappa shape index (κ2) is 9.55. The molecule has 1 aliphatic heterocycles. The van der Waals surface area contributed by atoms with Crippen LogP contribution in [0.1, 0.15) is 51.0 Å². The highest BCUT2D eigenvalue weighted by atomic mass is 16.5. The summed E-state index contributed by atoms with van der Waals surface area (Å²) in [5.41, 5.74) is 6.76. The number of aromatic nitrogens is 2. The van der Waals surface area contributed by atoms with E-state index in [1.165, 1.54) is 0 Å². The Morgan fingerprint density at radius 3 is 2.63 bits per heavy atom. The van der Waals surface area contributed by atoms with Crippen LogP contribution in [-0.2, 0) is 31.4 Å². The van der Waals surface area contributed by atoms with Gasteiger partial charge in [-0.15, -0.1) is 0 Å². The molecule has 6 heteroatoms. The highest BCUT2D eigenvalue weighted by Crippen LogP contribution is 2.42. The number of carbonyl (C=O) groups is 1. The second-order valence-electron chi connectivity index (χ2n) is 9.34. The van der Waals surface area contributed by atoms with Gasteiger partial charge in [0, 0.05) is 32.3 Å². The van der Waals surface area contributed by atoms with Gasteiger partial charge in [0.1, 0.15) is 17.4 Å². The van der Waals surface area contributed by atoms with Crippen LogP contribution in [0.2, 0.25) is 0 Å². The average Bonchev–Trinajstić information content (AvgIpc) is 3.17. The van der Waals surface area contributed by atoms with Gasteiger partial charge in [-0.05, 0) is 42.5 Å². The van der Waals surface area contributed by atoms with Crippen LogP contribution in [0.3, 0.4) is 0 Å². The van der Waals surface area contributed by atoms with E-state index in [1.54, 1.807) is 19.0 Å². The Balaban J connectivity index is 1.47. The number of ether oxygens (including phenoxy) is 2. The van der Waals surface area contributed by atoms with Gasteiger partial charge in [-0.2, -0.15) is 0 Å². The summed E-state index contributed by atoms with van der Waals surface area (Å²) in [4.78, 5) is 19.5. The number of benzene rings is 3. The number of nitrogens with zero attached hydrogens (tertiary/aromatic N) is 3. The Morgan fingerprint density at radius 1 is 1.11 bits per heavy atom. The number of amides is 1. The maximum Gasteiger partial charge on any atom is 0.253 e. The van der Waals surface area contributed by atoms with Crippen molar-refractivity contribution in [1.29, 1.82) is 0 Å². The molecule has 0 N–H and O–H groups in total. The van der Waals surface area contributed by atoms with Crippen LogP contribution in [0.15, 0.2) is 60.7 Å². The summed E-state index contributed by atoms with van der Waals surface area (Å²) < 4.78 is 14.7. The van der Waals surface area contributed by atoms with Crippen molar-refractivity contribution in [3.8, 4) is 5.75 Å². The number of imidazole rings is 1. The van der Waals surface area contributed by atoms with E-state index in [0.717, 1.165) is 57.7 Å². The van der Waals surface area contributed by atoms with Crippen molar-refractivity contribution in [2.24, 2.45) is 7.05 Å². The zero-order valence-electron chi connectivity index (χ0n) is 20.7. The predicted molar refractivity (Wildman–Crippen MR) is 137 cm³/mol. The van der Waals surface area contributed by atoms with Crippen LogP contribution in [0.25, 0.3) is 11.0 Å². The van der Waals surface area contributed by atoms with E-state index in [9.17, 15) is 4.79 Å². The van der Waals surface area contributed by atoms with Gasteiger partial charge in [-0.3, -0.25) is 4.79 Å². The van der Waals surface area contributed by atoms with Crippen molar-refractivity contribution in [2.75, 3.05) is 14.1 Å². The number of hydrogen-bond acceptors (Lipinski definition) is 4. The van der Waals surface area contributed by atoms with Gasteiger partial charge in [0.25, 0.3) is 5.91 Å².